The summed E-state index contributed by atoms with van der Waals surface area (Å²) in [5.74, 6) is -0.327. The number of halogens is 2. The molecular formula is C13H18BrFN2O. The lowest BCUT2D eigenvalue weighted by Gasteiger charge is -2.20. The van der Waals surface area contributed by atoms with E-state index in [4.69, 9.17) is 0 Å². The molecule has 0 saturated heterocycles. The average Bonchev–Trinajstić information content (AvgIpc) is 2.25. The van der Waals surface area contributed by atoms with E-state index in [2.05, 4.69) is 21.2 Å². The van der Waals surface area contributed by atoms with Crippen molar-refractivity contribution >= 4 is 21.8 Å². The Hall–Kier alpha value is -0.940. The first-order valence-corrected chi connectivity index (χ1v) is 6.56. The van der Waals surface area contributed by atoms with Gasteiger partial charge < -0.3 is 10.2 Å². The zero-order valence-corrected chi connectivity index (χ0v) is 12.4. The zero-order chi connectivity index (χ0) is 13.7. The van der Waals surface area contributed by atoms with Crippen LogP contribution in [0.1, 0.15) is 12.5 Å². The van der Waals surface area contributed by atoms with Crippen LogP contribution in [-0.4, -0.2) is 31.4 Å². The molecule has 0 spiro atoms. The van der Waals surface area contributed by atoms with Crippen LogP contribution in [0.15, 0.2) is 22.7 Å². The minimum absolute atomic E-state index is 0.0160. The first kappa shape index (κ1) is 15.1. The summed E-state index contributed by atoms with van der Waals surface area (Å²) in [5, 5.41) is 2.62. The molecule has 18 heavy (non-hydrogen) atoms. The second kappa shape index (κ2) is 6.85. The Morgan fingerprint density at radius 1 is 1.50 bits per heavy atom. The van der Waals surface area contributed by atoms with E-state index in [0.717, 1.165) is 10.0 Å². The Kier molecular flexibility index (Phi) is 5.75. The molecule has 0 heterocycles. The van der Waals surface area contributed by atoms with E-state index in [1.54, 1.807) is 7.05 Å². The molecule has 0 aliphatic heterocycles. The predicted octanol–water partition coefficient (Wildman–Crippen LogP) is 2.40. The largest absolute Gasteiger partial charge is 0.359 e. The molecule has 1 aromatic carbocycles. The number of carbonyl (C=O) groups is 1. The molecular weight excluding hydrogens is 299 g/mol. The number of hydrogen-bond acceptors (Lipinski definition) is 2. The fraction of sp³-hybridized carbons (Fsp3) is 0.462. The van der Waals surface area contributed by atoms with Gasteiger partial charge in [-0.2, -0.15) is 0 Å². The summed E-state index contributed by atoms with van der Waals surface area (Å²) in [6.45, 7) is 3.11. The van der Waals surface area contributed by atoms with Crippen molar-refractivity contribution in [2.24, 2.45) is 5.92 Å². The van der Waals surface area contributed by atoms with Crippen molar-refractivity contribution in [3.05, 3.63) is 34.1 Å². The molecule has 100 valence electrons. The van der Waals surface area contributed by atoms with Gasteiger partial charge in [0.15, 0.2) is 0 Å². The van der Waals surface area contributed by atoms with Crippen LogP contribution in [0.3, 0.4) is 0 Å². The van der Waals surface area contributed by atoms with Gasteiger partial charge in [0.2, 0.25) is 5.91 Å². The third-order valence-electron chi connectivity index (χ3n) is 2.65. The molecule has 0 fully saturated rings. The maximum Gasteiger partial charge on any atom is 0.223 e. The van der Waals surface area contributed by atoms with E-state index in [1.165, 1.54) is 12.1 Å². The topological polar surface area (TPSA) is 32.3 Å². The molecule has 1 amide bonds. The van der Waals surface area contributed by atoms with Crippen LogP contribution in [-0.2, 0) is 11.3 Å². The summed E-state index contributed by atoms with van der Waals surface area (Å²) in [6.07, 6.45) is 0. The van der Waals surface area contributed by atoms with E-state index >= 15 is 0 Å². The first-order chi connectivity index (χ1) is 8.42. The lowest BCUT2D eigenvalue weighted by molar-refractivity contribution is -0.124. The van der Waals surface area contributed by atoms with Crippen LogP contribution in [0, 0.1) is 11.7 Å². The van der Waals surface area contributed by atoms with E-state index < -0.39 is 0 Å². The second-order valence-electron chi connectivity index (χ2n) is 4.49. The van der Waals surface area contributed by atoms with Gasteiger partial charge in [-0.15, -0.1) is 0 Å². The lowest BCUT2D eigenvalue weighted by Crippen LogP contribution is -2.34. The predicted molar refractivity (Wildman–Crippen MR) is 73.7 cm³/mol. The van der Waals surface area contributed by atoms with Gasteiger partial charge >= 0.3 is 0 Å². The number of nitrogens with zero attached hydrogens (tertiary/aromatic N) is 1. The Morgan fingerprint density at radius 2 is 2.17 bits per heavy atom. The van der Waals surface area contributed by atoms with Gasteiger partial charge in [0.1, 0.15) is 5.82 Å². The summed E-state index contributed by atoms with van der Waals surface area (Å²) < 4.78 is 13.9. The van der Waals surface area contributed by atoms with Crippen LogP contribution >= 0.6 is 15.9 Å². The Bertz CT molecular complexity index is 405. The summed E-state index contributed by atoms with van der Waals surface area (Å²) in [7, 11) is 3.54. The molecule has 1 unspecified atom stereocenters. The molecule has 1 rings (SSSR count). The molecule has 0 bridgehead atoms. The fourth-order valence-electron chi connectivity index (χ4n) is 1.88. The maximum atomic E-state index is 13.2. The van der Waals surface area contributed by atoms with E-state index in [1.807, 2.05) is 24.9 Å². The van der Waals surface area contributed by atoms with Crippen LogP contribution < -0.4 is 5.32 Å². The number of rotatable bonds is 5. The fourth-order valence-corrected chi connectivity index (χ4v) is 2.39. The van der Waals surface area contributed by atoms with Crippen LogP contribution in [0.5, 0.6) is 0 Å². The Balaban J connectivity index is 2.59. The van der Waals surface area contributed by atoms with Gasteiger partial charge in [0, 0.05) is 30.5 Å². The first-order valence-electron chi connectivity index (χ1n) is 5.77. The molecule has 1 N–H and O–H groups in total. The standard InChI is InChI=1S/C13H18BrFN2O/c1-9(13(18)16-2)7-17(3)8-10-4-11(14)6-12(15)5-10/h4-6,9H,7-8H2,1-3H3,(H,16,18). The maximum absolute atomic E-state index is 13.2. The third kappa shape index (κ3) is 4.74. The van der Waals surface area contributed by atoms with Crippen molar-refractivity contribution in [3.63, 3.8) is 0 Å². The van der Waals surface area contributed by atoms with E-state index in [0.29, 0.717) is 13.1 Å². The third-order valence-corrected chi connectivity index (χ3v) is 3.11. The highest BCUT2D eigenvalue weighted by molar-refractivity contribution is 9.10. The summed E-state index contributed by atoms with van der Waals surface area (Å²) in [6, 6.07) is 4.81. The second-order valence-corrected chi connectivity index (χ2v) is 5.41. The Labute approximate surface area is 115 Å². The minimum atomic E-state index is -0.257. The molecule has 0 radical (unpaired) electrons. The van der Waals surface area contributed by atoms with Gasteiger partial charge in [-0.25, -0.2) is 4.39 Å². The molecule has 1 aromatic rings. The normalized spacial score (nSPS) is 12.6. The molecule has 5 heteroatoms. The van der Waals surface area contributed by atoms with Gasteiger partial charge in [-0.1, -0.05) is 22.9 Å². The average molecular weight is 317 g/mol. The monoisotopic (exact) mass is 316 g/mol. The van der Waals surface area contributed by atoms with E-state index in [-0.39, 0.29) is 17.6 Å². The van der Waals surface area contributed by atoms with Crippen LogP contribution in [0.2, 0.25) is 0 Å². The highest BCUT2D eigenvalue weighted by Crippen LogP contribution is 2.16. The SMILES string of the molecule is CNC(=O)C(C)CN(C)Cc1cc(F)cc(Br)c1. The highest BCUT2D eigenvalue weighted by Gasteiger charge is 2.13. The van der Waals surface area contributed by atoms with Crippen molar-refractivity contribution in [1.82, 2.24) is 10.2 Å². The molecule has 1 atom stereocenters. The highest BCUT2D eigenvalue weighted by atomic mass is 79.9. The molecule has 0 aliphatic carbocycles. The molecule has 0 saturated carbocycles. The number of carbonyl (C=O) groups excluding carboxylic acids is 1. The summed E-state index contributed by atoms with van der Waals surface area (Å²) >= 11 is 3.27. The van der Waals surface area contributed by atoms with E-state index in [9.17, 15) is 9.18 Å². The van der Waals surface area contributed by atoms with Gasteiger partial charge in [0.05, 0.1) is 0 Å². The molecule has 3 nitrogen and oxygen atoms in total. The van der Waals surface area contributed by atoms with Crippen molar-refractivity contribution in [1.29, 1.82) is 0 Å². The summed E-state index contributed by atoms with van der Waals surface area (Å²) in [4.78, 5) is 13.4. The van der Waals surface area contributed by atoms with Crippen molar-refractivity contribution in [3.8, 4) is 0 Å². The van der Waals surface area contributed by atoms with Gasteiger partial charge in [-0.3, -0.25) is 4.79 Å². The van der Waals surface area contributed by atoms with Crippen molar-refractivity contribution < 1.29 is 9.18 Å². The number of hydrogen-bond donors (Lipinski definition) is 1. The quantitative estimate of drug-likeness (QED) is 0.904. The van der Waals surface area contributed by atoms with Crippen molar-refractivity contribution in [2.45, 2.75) is 13.5 Å². The van der Waals surface area contributed by atoms with Crippen molar-refractivity contribution in [2.75, 3.05) is 20.6 Å². The number of nitrogens with one attached hydrogen (secondary N) is 1. The number of benzene rings is 1. The minimum Gasteiger partial charge on any atom is -0.359 e. The lowest BCUT2D eigenvalue weighted by atomic mass is 10.1. The molecule has 0 aliphatic rings. The Morgan fingerprint density at radius 3 is 2.72 bits per heavy atom. The van der Waals surface area contributed by atoms with Crippen LogP contribution in [0.25, 0.3) is 0 Å². The number of amides is 1. The van der Waals surface area contributed by atoms with Gasteiger partial charge in [0.25, 0.3) is 0 Å². The van der Waals surface area contributed by atoms with Gasteiger partial charge in [-0.05, 0) is 30.8 Å². The summed E-state index contributed by atoms with van der Waals surface area (Å²) in [5.41, 5.74) is 0.883. The zero-order valence-electron chi connectivity index (χ0n) is 10.8. The smallest absolute Gasteiger partial charge is 0.223 e. The van der Waals surface area contributed by atoms with Crippen LogP contribution in [0.4, 0.5) is 4.39 Å². The molecule has 0 aromatic heterocycles.